The summed E-state index contributed by atoms with van der Waals surface area (Å²) >= 11 is 0. The van der Waals surface area contributed by atoms with Crippen molar-refractivity contribution in [3.8, 4) is 0 Å². The molecule has 0 fully saturated rings. The molecule has 0 heterocycles. The zero-order valence-electron chi connectivity index (χ0n) is 5.64. The topological polar surface area (TPSA) is 104 Å². The first-order valence-corrected chi connectivity index (χ1v) is 2.84. The molecule has 0 atom stereocenters. The average molecular weight is 169 g/mol. The fourth-order valence-corrected chi connectivity index (χ4v) is 0.692. The minimum atomic E-state index is -1.18. The Labute approximate surface area is 65.8 Å². The highest BCUT2D eigenvalue weighted by Crippen LogP contribution is 2.15. The molecular formula is C6H3NO5. The van der Waals surface area contributed by atoms with Crippen LogP contribution in [-0.4, -0.2) is 21.8 Å². The number of aliphatic hydroxyl groups excluding tert-OH is 2. The Kier molecular flexibility index (Phi) is 1.74. The molecule has 1 rings (SSSR count). The van der Waals surface area contributed by atoms with E-state index >= 15 is 0 Å². The molecule has 1 aliphatic carbocycles. The summed E-state index contributed by atoms with van der Waals surface area (Å²) < 4.78 is 0. The minimum Gasteiger partial charge on any atom is -0.504 e. The summed E-state index contributed by atoms with van der Waals surface area (Å²) in [5.74, 6) is -4.18. The number of aliphatic hydroxyl groups is 2. The van der Waals surface area contributed by atoms with Crippen LogP contribution in [0.2, 0.25) is 0 Å². The van der Waals surface area contributed by atoms with Crippen LogP contribution in [-0.2, 0) is 9.59 Å². The molecule has 0 saturated carbocycles. The smallest absolute Gasteiger partial charge is 0.264 e. The molecule has 0 aromatic rings. The molecule has 0 amide bonds. The first-order chi connectivity index (χ1) is 5.57. The van der Waals surface area contributed by atoms with E-state index in [0.717, 1.165) is 0 Å². The number of carbonyl (C=O) groups excluding carboxylic acids is 2. The lowest BCUT2D eigenvalue weighted by atomic mass is 10.1. The summed E-state index contributed by atoms with van der Waals surface area (Å²) in [4.78, 5) is 31.2. The Morgan fingerprint density at radius 3 is 2.33 bits per heavy atom. The number of allylic oxidation sites excluding steroid dienone is 1. The first-order valence-electron chi connectivity index (χ1n) is 2.84. The van der Waals surface area contributed by atoms with Crippen molar-refractivity contribution in [3.63, 3.8) is 0 Å². The van der Waals surface area contributed by atoms with Gasteiger partial charge in [-0.3, -0.25) is 9.59 Å². The predicted molar refractivity (Wildman–Crippen MR) is 36.2 cm³/mol. The van der Waals surface area contributed by atoms with Gasteiger partial charge < -0.3 is 10.2 Å². The molecule has 6 heteroatoms. The van der Waals surface area contributed by atoms with Crippen molar-refractivity contribution in [1.82, 2.24) is 0 Å². The molecule has 0 aliphatic heterocycles. The summed E-state index contributed by atoms with van der Waals surface area (Å²) in [5.41, 5.74) is -0.877. The SMILES string of the molecule is O=NC1=C(O)C(=O)C(O)=CC1=O. The van der Waals surface area contributed by atoms with Crippen LogP contribution >= 0.6 is 0 Å². The van der Waals surface area contributed by atoms with Crippen LogP contribution in [0.5, 0.6) is 0 Å². The van der Waals surface area contributed by atoms with Crippen molar-refractivity contribution in [2.24, 2.45) is 5.18 Å². The van der Waals surface area contributed by atoms with E-state index in [0.29, 0.717) is 6.08 Å². The second-order valence-electron chi connectivity index (χ2n) is 2.01. The van der Waals surface area contributed by atoms with Gasteiger partial charge in [0.2, 0.25) is 17.2 Å². The maximum Gasteiger partial charge on any atom is 0.264 e. The van der Waals surface area contributed by atoms with Gasteiger partial charge in [-0.15, -0.1) is 4.91 Å². The summed E-state index contributed by atoms with van der Waals surface area (Å²) in [6.07, 6.45) is 0.527. The van der Waals surface area contributed by atoms with E-state index in [1.165, 1.54) is 0 Å². The highest BCUT2D eigenvalue weighted by Gasteiger charge is 2.29. The third-order valence-electron chi connectivity index (χ3n) is 1.26. The fraction of sp³-hybridized carbons (Fsp3) is 0. The number of nitrogens with zero attached hydrogens (tertiary/aromatic N) is 1. The molecule has 0 aromatic carbocycles. The third kappa shape index (κ3) is 0.986. The van der Waals surface area contributed by atoms with E-state index in [4.69, 9.17) is 10.2 Å². The Balaban J connectivity index is 3.25. The zero-order chi connectivity index (χ0) is 9.30. The van der Waals surface area contributed by atoms with E-state index in [9.17, 15) is 14.5 Å². The number of hydrogen-bond donors (Lipinski definition) is 2. The monoisotopic (exact) mass is 169 g/mol. The van der Waals surface area contributed by atoms with E-state index < -0.39 is 28.8 Å². The average Bonchev–Trinajstić information content (AvgIpc) is 2.01. The minimum absolute atomic E-state index is 0.527. The van der Waals surface area contributed by atoms with Gasteiger partial charge in [0, 0.05) is 6.08 Å². The molecule has 2 N–H and O–H groups in total. The normalized spacial score (nSPS) is 17.8. The lowest BCUT2D eigenvalue weighted by molar-refractivity contribution is -0.119. The molecule has 12 heavy (non-hydrogen) atoms. The number of carbonyl (C=O) groups is 2. The number of Topliss-reactive ketones (excluding diaryl/α,β-unsaturated/α-hetero) is 1. The van der Waals surface area contributed by atoms with E-state index in [1.54, 1.807) is 0 Å². The molecule has 6 nitrogen and oxygen atoms in total. The lowest BCUT2D eigenvalue weighted by Crippen LogP contribution is -2.17. The first kappa shape index (κ1) is 8.12. The van der Waals surface area contributed by atoms with Crippen molar-refractivity contribution in [2.75, 3.05) is 0 Å². The number of rotatable bonds is 1. The van der Waals surface area contributed by atoms with Crippen LogP contribution in [0.25, 0.3) is 0 Å². The summed E-state index contributed by atoms with van der Waals surface area (Å²) in [6, 6.07) is 0. The Morgan fingerprint density at radius 1 is 1.25 bits per heavy atom. The summed E-state index contributed by atoms with van der Waals surface area (Å²) in [7, 11) is 0. The molecule has 0 saturated heterocycles. The van der Waals surface area contributed by atoms with Crippen molar-refractivity contribution in [1.29, 1.82) is 0 Å². The van der Waals surface area contributed by atoms with Crippen LogP contribution in [0, 0.1) is 4.91 Å². The second-order valence-corrected chi connectivity index (χ2v) is 2.01. The van der Waals surface area contributed by atoms with Crippen LogP contribution in [0.3, 0.4) is 0 Å². The van der Waals surface area contributed by atoms with Gasteiger partial charge in [0.05, 0.1) is 0 Å². The summed E-state index contributed by atoms with van der Waals surface area (Å²) in [5, 5.41) is 19.6. The van der Waals surface area contributed by atoms with Crippen molar-refractivity contribution < 1.29 is 19.8 Å². The lowest BCUT2D eigenvalue weighted by Gasteiger charge is -2.04. The molecule has 0 aromatic heterocycles. The number of nitroso groups, excluding NO2 is 1. The van der Waals surface area contributed by atoms with Gasteiger partial charge in [0.15, 0.2) is 5.76 Å². The standard InChI is InChI=1S/C6H3NO5/c8-2-1-3(9)5(10)6(11)4(2)7-12/h1,9,11H. The molecule has 0 spiro atoms. The van der Waals surface area contributed by atoms with Gasteiger partial charge in [-0.25, -0.2) is 0 Å². The van der Waals surface area contributed by atoms with E-state index in [1.807, 2.05) is 0 Å². The third-order valence-corrected chi connectivity index (χ3v) is 1.26. The Bertz CT molecular complexity index is 338. The van der Waals surface area contributed by atoms with Gasteiger partial charge in [0.1, 0.15) is 0 Å². The molecule has 0 unspecified atom stereocenters. The van der Waals surface area contributed by atoms with Crippen LogP contribution in [0.1, 0.15) is 0 Å². The molecule has 62 valence electrons. The highest BCUT2D eigenvalue weighted by atomic mass is 16.3. The van der Waals surface area contributed by atoms with Gasteiger partial charge >= 0.3 is 0 Å². The largest absolute Gasteiger partial charge is 0.504 e. The fourth-order valence-electron chi connectivity index (χ4n) is 0.692. The molecule has 0 bridgehead atoms. The maximum atomic E-state index is 10.7. The van der Waals surface area contributed by atoms with Crippen molar-refractivity contribution in [2.45, 2.75) is 0 Å². The second kappa shape index (κ2) is 2.57. The van der Waals surface area contributed by atoms with Crippen molar-refractivity contribution in [3.05, 3.63) is 28.2 Å². The quantitative estimate of drug-likeness (QED) is 0.428. The van der Waals surface area contributed by atoms with Crippen LogP contribution in [0.15, 0.2) is 28.5 Å². The van der Waals surface area contributed by atoms with Crippen molar-refractivity contribution >= 4 is 11.6 Å². The van der Waals surface area contributed by atoms with E-state index in [2.05, 4.69) is 5.18 Å². The zero-order valence-corrected chi connectivity index (χ0v) is 5.64. The number of hydrogen-bond acceptors (Lipinski definition) is 6. The Morgan fingerprint density at radius 2 is 1.83 bits per heavy atom. The molecule has 0 radical (unpaired) electrons. The van der Waals surface area contributed by atoms with Gasteiger partial charge in [0.25, 0.3) is 5.78 Å². The predicted octanol–water partition coefficient (Wildman–Crippen LogP) is 0.116. The van der Waals surface area contributed by atoms with Gasteiger partial charge in [-0.1, -0.05) is 0 Å². The van der Waals surface area contributed by atoms with Crippen LogP contribution in [0.4, 0.5) is 0 Å². The molecular weight excluding hydrogens is 166 g/mol. The maximum absolute atomic E-state index is 10.7. The number of ketones is 2. The molecule has 1 aliphatic rings. The van der Waals surface area contributed by atoms with Gasteiger partial charge in [-0.05, 0) is 5.18 Å². The highest BCUT2D eigenvalue weighted by molar-refractivity contribution is 6.20. The summed E-state index contributed by atoms with van der Waals surface area (Å²) in [6.45, 7) is 0. The Hall–Kier alpha value is -1.98. The van der Waals surface area contributed by atoms with Crippen LogP contribution < -0.4 is 0 Å². The van der Waals surface area contributed by atoms with Gasteiger partial charge in [-0.2, -0.15) is 0 Å². The van der Waals surface area contributed by atoms with E-state index in [-0.39, 0.29) is 0 Å².